The van der Waals surface area contributed by atoms with E-state index in [-0.39, 0.29) is 23.8 Å². The molecule has 0 spiro atoms. The van der Waals surface area contributed by atoms with Crippen molar-refractivity contribution in [2.24, 2.45) is 0 Å². The van der Waals surface area contributed by atoms with Gasteiger partial charge in [-0.05, 0) is 6.92 Å². The molecule has 0 aliphatic heterocycles. The Hall–Kier alpha value is -1.94. The fourth-order valence-corrected chi connectivity index (χ4v) is 2.20. The summed E-state index contributed by atoms with van der Waals surface area (Å²) in [6.07, 6.45) is 0. The van der Waals surface area contributed by atoms with Crippen molar-refractivity contribution in [3.63, 3.8) is 0 Å². The number of pyridine rings is 1. The third-order valence-corrected chi connectivity index (χ3v) is 4.43. The summed E-state index contributed by atoms with van der Waals surface area (Å²) < 4.78 is 24.3. The molecule has 0 saturated carbocycles. The molecule has 0 unspecified atom stereocenters. The van der Waals surface area contributed by atoms with Crippen molar-refractivity contribution in [2.45, 2.75) is 6.92 Å². The molecule has 0 atom stereocenters. The van der Waals surface area contributed by atoms with Crippen molar-refractivity contribution >= 4 is 27.3 Å². The monoisotopic (exact) mass is 317 g/mol. The van der Waals surface area contributed by atoms with Gasteiger partial charge in [-0.1, -0.05) is 0 Å². The van der Waals surface area contributed by atoms with E-state index in [0.29, 0.717) is 12.4 Å². The van der Waals surface area contributed by atoms with Crippen LogP contribution in [0, 0.1) is 10.1 Å². The van der Waals surface area contributed by atoms with Gasteiger partial charge in [0, 0.05) is 27.2 Å². The van der Waals surface area contributed by atoms with Crippen LogP contribution in [-0.2, 0) is 10.0 Å². The molecule has 0 aromatic carbocycles. The molecular weight excluding hydrogens is 298 g/mol. The summed E-state index contributed by atoms with van der Waals surface area (Å²) in [7, 11) is -0.424. The molecule has 1 rings (SSSR count). The number of nitro groups is 1. The number of nitrogens with zero attached hydrogens (tertiary/aromatic N) is 3. The lowest BCUT2D eigenvalue weighted by Crippen LogP contribution is -2.28. The Morgan fingerprint density at radius 1 is 1.29 bits per heavy atom. The van der Waals surface area contributed by atoms with Crippen LogP contribution in [0.2, 0.25) is 0 Å². The van der Waals surface area contributed by atoms with E-state index in [9.17, 15) is 18.5 Å². The Morgan fingerprint density at radius 2 is 1.86 bits per heavy atom. The van der Waals surface area contributed by atoms with E-state index in [1.807, 2.05) is 6.92 Å². The average molecular weight is 317 g/mol. The zero-order valence-corrected chi connectivity index (χ0v) is 13.0. The normalized spacial score (nSPS) is 11.4. The minimum Gasteiger partial charge on any atom is -0.370 e. The van der Waals surface area contributed by atoms with Crippen molar-refractivity contribution < 1.29 is 13.3 Å². The Bertz CT molecular complexity index is 603. The maximum Gasteiger partial charge on any atom is 0.276 e. The van der Waals surface area contributed by atoms with Gasteiger partial charge < -0.3 is 10.6 Å². The largest absolute Gasteiger partial charge is 0.370 e. The highest BCUT2D eigenvalue weighted by atomic mass is 32.2. The van der Waals surface area contributed by atoms with Gasteiger partial charge in [-0.25, -0.2) is 17.7 Å². The van der Waals surface area contributed by atoms with Crippen LogP contribution in [0.4, 0.5) is 17.3 Å². The van der Waals surface area contributed by atoms with Crippen LogP contribution >= 0.6 is 0 Å². The first-order valence-electron chi connectivity index (χ1n) is 6.30. The van der Waals surface area contributed by atoms with Crippen molar-refractivity contribution in [2.75, 3.05) is 43.6 Å². The summed E-state index contributed by atoms with van der Waals surface area (Å²) >= 11 is 0. The quantitative estimate of drug-likeness (QED) is 0.536. The first kappa shape index (κ1) is 17.1. The Kier molecular flexibility index (Phi) is 5.85. The number of nitrogens with one attached hydrogen (secondary N) is 2. The molecule has 21 heavy (non-hydrogen) atoms. The predicted molar refractivity (Wildman–Crippen MR) is 81.0 cm³/mol. The number of hydrogen-bond donors (Lipinski definition) is 2. The summed E-state index contributed by atoms with van der Waals surface area (Å²) in [6, 6.07) is 2.59. The third kappa shape index (κ3) is 5.16. The smallest absolute Gasteiger partial charge is 0.276 e. The SMILES string of the molecule is CCNc1cc([N+](=O)[O-])cc(NCCS(=O)(=O)N(C)C)n1. The molecule has 0 saturated heterocycles. The van der Waals surface area contributed by atoms with Gasteiger partial charge in [-0.15, -0.1) is 0 Å². The Morgan fingerprint density at radius 3 is 2.33 bits per heavy atom. The van der Waals surface area contributed by atoms with E-state index in [1.165, 1.54) is 26.2 Å². The Balaban J connectivity index is 2.81. The molecule has 0 amide bonds. The standard InChI is InChI=1S/C11H19N5O4S/c1-4-12-10-7-9(16(17)18)8-11(14-10)13-5-6-21(19,20)15(2)3/h7-8H,4-6H2,1-3H3,(H2,12,13,14). The summed E-state index contributed by atoms with van der Waals surface area (Å²) in [5.41, 5.74) is -0.112. The van der Waals surface area contributed by atoms with Gasteiger partial charge in [-0.3, -0.25) is 10.1 Å². The molecule has 1 aromatic heterocycles. The molecule has 0 fully saturated rings. The highest BCUT2D eigenvalue weighted by molar-refractivity contribution is 7.89. The van der Waals surface area contributed by atoms with Crippen molar-refractivity contribution in [1.82, 2.24) is 9.29 Å². The summed E-state index contributed by atoms with van der Waals surface area (Å²) in [5, 5.41) is 16.5. The molecule has 0 radical (unpaired) electrons. The van der Waals surface area contributed by atoms with Crippen LogP contribution in [0.1, 0.15) is 6.92 Å². The first-order valence-corrected chi connectivity index (χ1v) is 7.91. The lowest BCUT2D eigenvalue weighted by molar-refractivity contribution is -0.384. The van der Waals surface area contributed by atoms with Gasteiger partial charge in [0.15, 0.2) is 0 Å². The number of rotatable bonds is 8. The first-order chi connectivity index (χ1) is 9.76. The van der Waals surface area contributed by atoms with E-state index >= 15 is 0 Å². The van der Waals surface area contributed by atoms with Gasteiger partial charge in [0.25, 0.3) is 5.69 Å². The van der Waals surface area contributed by atoms with Crippen molar-refractivity contribution in [3.05, 3.63) is 22.2 Å². The molecule has 1 heterocycles. The second-order valence-electron chi connectivity index (χ2n) is 4.41. The van der Waals surface area contributed by atoms with Crippen LogP contribution in [-0.4, -0.2) is 55.6 Å². The van der Waals surface area contributed by atoms with E-state index < -0.39 is 14.9 Å². The molecular formula is C11H19N5O4S. The molecule has 9 nitrogen and oxygen atoms in total. The Labute approximate surface area is 123 Å². The molecule has 0 bridgehead atoms. The zero-order chi connectivity index (χ0) is 16.0. The zero-order valence-electron chi connectivity index (χ0n) is 12.2. The minimum absolute atomic E-state index is 0.111. The average Bonchev–Trinajstić information content (AvgIpc) is 2.38. The highest BCUT2D eigenvalue weighted by Crippen LogP contribution is 2.20. The molecule has 118 valence electrons. The van der Waals surface area contributed by atoms with Crippen LogP contribution in [0.15, 0.2) is 12.1 Å². The predicted octanol–water partition coefficient (Wildman–Crippen LogP) is 0.725. The molecule has 1 aromatic rings. The molecule has 10 heteroatoms. The van der Waals surface area contributed by atoms with Crippen LogP contribution in [0.25, 0.3) is 0 Å². The minimum atomic E-state index is -3.32. The lowest BCUT2D eigenvalue weighted by Gasteiger charge is -2.12. The van der Waals surface area contributed by atoms with Gasteiger partial charge in [-0.2, -0.15) is 0 Å². The number of hydrogen-bond acceptors (Lipinski definition) is 7. The summed E-state index contributed by atoms with van der Waals surface area (Å²) in [6.45, 7) is 2.53. The van der Waals surface area contributed by atoms with Crippen LogP contribution in [0.5, 0.6) is 0 Å². The lowest BCUT2D eigenvalue weighted by atomic mass is 10.3. The van der Waals surface area contributed by atoms with Gasteiger partial charge in [0.2, 0.25) is 10.0 Å². The maximum atomic E-state index is 11.6. The molecule has 0 aliphatic rings. The highest BCUT2D eigenvalue weighted by Gasteiger charge is 2.14. The van der Waals surface area contributed by atoms with Gasteiger partial charge >= 0.3 is 0 Å². The maximum absolute atomic E-state index is 11.6. The van der Waals surface area contributed by atoms with E-state index in [2.05, 4.69) is 15.6 Å². The number of aromatic nitrogens is 1. The van der Waals surface area contributed by atoms with E-state index in [1.54, 1.807) is 0 Å². The molecule has 0 aliphatic carbocycles. The summed E-state index contributed by atoms with van der Waals surface area (Å²) in [5.74, 6) is 0.500. The fourth-order valence-electron chi connectivity index (χ4n) is 1.47. The fraction of sp³-hybridized carbons (Fsp3) is 0.545. The number of anilines is 2. The van der Waals surface area contributed by atoms with Gasteiger partial charge in [0.05, 0.1) is 22.8 Å². The second-order valence-corrected chi connectivity index (χ2v) is 6.71. The van der Waals surface area contributed by atoms with Crippen LogP contribution < -0.4 is 10.6 Å². The van der Waals surface area contributed by atoms with Crippen molar-refractivity contribution in [1.29, 1.82) is 0 Å². The van der Waals surface area contributed by atoms with E-state index in [0.717, 1.165) is 4.31 Å². The van der Waals surface area contributed by atoms with Gasteiger partial charge in [0.1, 0.15) is 11.6 Å². The molecule has 2 N–H and O–H groups in total. The van der Waals surface area contributed by atoms with Crippen LogP contribution in [0.3, 0.4) is 0 Å². The second kappa shape index (κ2) is 7.18. The summed E-state index contributed by atoms with van der Waals surface area (Å²) in [4.78, 5) is 14.5. The number of sulfonamides is 1. The van der Waals surface area contributed by atoms with Crippen molar-refractivity contribution in [3.8, 4) is 0 Å². The topological polar surface area (TPSA) is 117 Å². The van der Waals surface area contributed by atoms with E-state index in [4.69, 9.17) is 0 Å². The third-order valence-electron chi connectivity index (χ3n) is 2.60.